The van der Waals surface area contributed by atoms with Gasteiger partial charge >= 0.3 is 0 Å². The van der Waals surface area contributed by atoms with E-state index in [4.69, 9.17) is 0 Å². The third-order valence-corrected chi connectivity index (χ3v) is 2.35. The van der Waals surface area contributed by atoms with Crippen LogP contribution in [0.5, 0.6) is 0 Å². The van der Waals surface area contributed by atoms with Crippen molar-refractivity contribution in [3.05, 3.63) is 42.1 Å². The van der Waals surface area contributed by atoms with E-state index >= 15 is 0 Å². The second-order valence-electron chi connectivity index (χ2n) is 4.03. The quantitative estimate of drug-likeness (QED) is 0.824. The van der Waals surface area contributed by atoms with Gasteiger partial charge in [0.1, 0.15) is 0 Å². The molecule has 0 bridgehead atoms. The van der Waals surface area contributed by atoms with Crippen molar-refractivity contribution in [3.63, 3.8) is 0 Å². The van der Waals surface area contributed by atoms with Crippen molar-refractivity contribution in [2.45, 2.75) is 26.4 Å². The third-order valence-electron chi connectivity index (χ3n) is 2.35. The van der Waals surface area contributed by atoms with E-state index in [0.717, 1.165) is 17.8 Å². The minimum absolute atomic E-state index is 0.498. The van der Waals surface area contributed by atoms with Crippen LogP contribution in [0, 0.1) is 0 Å². The van der Waals surface area contributed by atoms with Crippen LogP contribution in [0.25, 0.3) is 10.9 Å². The average Bonchev–Trinajstić information content (AvgIpc) is 2.26. The maximum absolute atomic E-state index is 4.58. The highest BCUT2D eigenvalue weighted by Gasteiger charge is 1.98. The van der Waals surface area contributed by atoms with E-state index < -0.39 is 0 Å². The van der Waals surface area contributed by atoms with Crippen molar-refractivity contribution in [2.75, 3.05) is 0 Å². The van der Waals surface area contributed by atoms with Gasteiger partial charge in [0.25, 0.3) is 0 Å². The summed E-state index contributed by atoms with van der Waals surface area (Å²) >= 11 is 0. The Kier molecular flexibility index (Phi) is 2.97. The molecule has 0 unspecified atom stereocenters. The van der Waals surface area contributed by atoms with Crippen LogP contribution in [0.3, 0.4) is 0 Å². The number of pyridine rings is 1. The van der Waals surface area contributed by atoms with Gasteiger partial charge in [-0.05, 0) is 12.1 Å². The zero-order valence-corrected chi connectivity index (χ0v) is 9.20. The smallest absolute Gasteiger partial charge is 0.0705 e. The van der Waals surface area contributed by atoms with Gasteiger partial charge in [0, 0.05) is 18.0 Å². The molecule has 1 aromatic heterocycles. The Morgan fingerprint density at radius 3 is 2.73 bits per heavy atom. The molecule has 0 aliphatic rings. The standard InChI is InChI=1S/C13H16N2/c1-10(2)14-9-12-8-7-11-5-3-4-6-13(11)15-12/h3-8,10,14H,9H2,1-2H3. The molecular formula is C13H16N2. The van der Waals surface area contributed by atoms with Crippen molar-refractivity contribution in [2.24, 2.45) is 0 Å². The van der Waals surface area contributed by atoms with Gasteiger partial charge < -0.3 is 5.32 Å². The number of benzene rings is 1. The number of nitrogens with zero attached hydrogens (tertiary/aromatic N) is 1. The topological polar surface area (TPSA) is 24.9 Å². The SMILES string of the molecule is CC(C)NCc1ccc2ccccc2n1. The first-order valence-corrected chi connectivity index (χ1v) is 5.34. The molecule has 1 heterocycles. The van der Waals surface area contributed by atoms with E-state index in [2.05, 4.69) is 42.3 Å². The number of rotatable bonds is 3. The fourth-order valence-electron chi connectivity index (χ4n) is 1.52. The molecule has 0 radical (unpaired) electrons. The van der Waals surface area contributed by atoms with Gasteiger partial charge in [0.05, 0.1) is 11.2 Å². The third kappa shape index (κ3) is 2.54. The summed E-state index contributed by atoms with van der Waals surface area (Å²) in [5.41, 5.74) is 2.17. The molecule has 1 aromatic carbocycles. The van der Waals surface area contributed by atoms with E-state index in [1.54, 1.807) is 0 Å². The summed E-state index contributed by atoms with van der Waals surface area (Å²) < 4.78 is 0. The van der Waals surface area contributed by atoms with Crippen LogP contribution in [-0.2, 0) is 6.54 Å². The van der Waals surface area contributed by atoms with Crippen LogP contribution in [0.4, 0.5) is 0 Å². The molecule has 0 saturated heterocycles. The number of hydrogen-bond acceptors (Lipinski definition) is 2. The molecule has 0 amide bonds. The Hall–Kier alpha value is -1.41. The average molecular weight is 200 g/mol. The summed E-state index contributed by atoms with van der Waals surface area (Å²) in [5, 5.41) is 4.56. The van der Waals surface area contributed by atoms with Gasteiger partial charge in [-0.25, -0.2) is 0 Å². The van der Waals surface area contributed by atoms with Crippen molar-refractivity contribution < 1.29 is 0 Å². The Morgan fingerprint density at radius 1 is 1.13 bits per heavy atom. The molecule has 0 fully saturated rings. The van der Waals surface area contributed by atoms with Crippen molar-refractivity contribution >= 4 is 10.9 Å². The summed E-state index contributed by atoms with van der Waals surface area (Å²) in [6, 6.07) is 12.9. The van der Waals surface area contributed by atoms with E-state index in [9.17, 15) is 0 Å². The Bertz CT molecular complexity index is 449. The molecule has 2 rings (SSSR count). The molecule has 0 atom stereocenters. The monoisotopic (exact) mass is 200 g/mol. The van der Waals surface area contributed by atoms with Crippen molar-refractivity contribution in [1.82, 2.24) is 10.3 Å². The highest BCUT2D eigenvalue weighted by atomic mass is 14.9. The minimum atomic E-state index is 0.498. The molecule has 2 aromatic rings. The number of fused-ring (bicyclic) bond motifs is 1. The molecule has 0 aliphatic heterocycles. The van der Waals surface area contributed by atoms with Crippen LogP contribution in [0.15, 0.2) is 36.4 Å². The lowest BCUT2D eigenvalue weighted by Gasteiger charge is -2.07. The van der Waals surface area contributed by atoms with Gasteiger partial charge in [0.15, 0.2) is 0 Å². The number of hydrogen-bond donors (Lipinski definition) is 1. The molecule has 2 nitrogen and oxygen atoms in total. The van der Waals surface area contributed by atoms with E-state index in [0.29, 0.717) is 6.04 Å². The Labute approximate surface area is 90.3 Å². The van der Waals surface area contributed by atoms with Crippen molar-refractivity contribution in [3.8, 4) is 0 Å². The fraction of sp³-hybridized carbons (Fsp3) is 0.308. The van der Waals surface area contributed by atoms with E-state index in [1.807, 2.05) is 18.2 Å². The first-order valence-electron chi connectivity index (χ1n) is 5.34. The largest absolute Gasteiger partial charge is 0.309 e. The van der Waals surface area contributed by atoms with Crippen LogP contribution in [-0.4, -0.2) is 11.0 Å². The maximum Gasteiger partial charge on any atom is 0.0705 e. The summed E-state index contributed by atoms with van der Waals surface area (Å²) in [7, 11) is 0. The van der Waals surface area contributed by atoms with Crippen LogP contribution in [0.1, 0.15) is 19.5 Å². The first-order chi connectivity index (χ1) is 7.25. The van der Waals surface area contributed by atoms with Gasteiger partial charge in [-0.1, -0.05) is 38.1 Å². The lowest BCUT2D eigenvalue weighted by molar-refractivity contribution is 0.582. The molecule has 0 saturated carbocycles. The second kappa shape index (κ2) is 4.41. The number of aromatic nitrogens is 1. The lowest BCUT2D eigenvalue weighted by Crippen LogP contribution is -2.22. The van der Waals surface area contributed by atoms with E-state index in [1.165, 1.54) is 5.39 Å². The zero-order valence-electron chi connectivity index (χ0n) is 9.20. The summed E-state index contributed by atoms with van der Waals surface area (Å²) in [6.07, 6.45) is 0. The molecule has 1 N–H and O–H groups in total. The second-order valence-corrected chi connectivity index (χ2v) is 4.03. The Balaban J connectivity index is 2.23. The van der Waals surface area contributed by atoms with Crippen LogP contribution in [0.2, 0.25) is 0 Å². The first kappa shape index (κ1) is 10.1. The molecular weight excluding hydrogens is 184 g/mol. The van der Waals surface area contributed by atoms with Gasteiger partial charge in [-0.2, -0.15) is 0 Å². The van der Waals surface area contributed by atoms with Gasteiger partial charge in [0.2, 0.25) is 0 Å². The van der Waals surface area contributed by atoms with Crippen LogP contribution >= 0.6 is 0 Å². The maximum atomic E-state index is 4.58. The number of para-hydroxylation sites is 1. The fourth-order valence-corrected chi connectivity index (χ4v) is 1.52. The summed E-state index contributed by atoms with van der Waals surface area (Å²) in [4.78, 5) is 4.58. The Morgan fingerprint density at radius 2 is 1.93 bits per heavy atom. The van der Waals surface area contributed by atoms with Gasteiger partial charge in [-0.3, -0.25) is 4.98 Å². The molecule has 0 aliphatic carbocycles. The molecule has 15 heavy (non-hydrogen) atoms. The number of nitrogens with one attached hydrogen (secondary N) is 1. The minimum Gasteiger partial charge on any atom is -0.309 e. The zero-order chi connectivity index (χ0) is 10.7. The lowest BCUT2D eigenvalue weighted by atomic mass is 10.2. The predicted molar refractivity (Wildman–Crippen MR) is 63.7 cm³/mol. The van der Waals surface area contributed by atoms with Gasteiger partial charge in [-0.15, -0.1) is 0 Å². The highest BCUT2D eigenvalue weighted by molar-refractivity contribution is 5.78. The predicted octanol–water partition coefficient (Wildman–Crippen LogP) is 2.73. The summed E-state index contributed by atoms with van der Waals surface area (Å²) in [6.45, 7) is 5.12. The van der Waals surface area contributed by atoms with Crippen LogP contribution < -0.4 is 5.32 Å². The normalized spacial score (nSPS) is 11.1. The molecule has 0 spiro atoms. The van der Waals surface area contributed by atoms with E-state index in [-0.39, 0.29) is 0 Å². The highest BCUT2D eigenvalue weighted by Crippen LogP contribution is 2.11. The van der Waals surface area contributed by atoms with Crippen molar-refractivity contribution in [1.29, 1.82) is 0 Å². The molecule has 78 valence electrons. The summed E-state index contributed by atoms with van der Waals surface area (Å²) in [5.74, 6) is 0. The molecule has 2 heteroatoms.